The van der Waals surface area contributed by atoms with Crippen LogP contribution in [-0.2, 0) is 12.8 Å². The van der Waals surface area contributed by atoms with Gasteiger partial charge >= 0.3 is 0 Å². The molecule has 1 aliphatic rings. The molecule has 0 bridgehead atoms. The fourth-order valence-corrected chi connectivity index (χ4v) is 3.40. The highest BCUT2D eigenvalue weighted by atomic mass is 16.5. The van der Waals surface area contributed by atoms with Gasteiger partial charge in [0.15, 0.2) is 0 Å². The molecule has 23 heavy (non-hydrogen) atoms. The van der Waals surface area contributed by atoms with Crippen molar-refractivity contribution in [2.24, 2.45) is 0 Å². The van der Waals surface area contributed by atoms with E-state index in [0.717, 1.165) is 35.2 Å². The lowest BCUT2D eigenvalue weighted by Gasteiger charge is -2.19. The van der Waals surface area contributed by atoms with Crippen molar-refractivity contribution in [3.05, 3.63) is 65.9 Å². The second-order valence-corrected chi connectivity index (χ2v) is 6.21. The highest BCUT2D eigenvalue weighted by molar-refractivity contribution is 5.87. The van der Waals surface area contributed by atoms with Crippen LogP contribution in [0.25, 0.3) is 10.9 Å². The number of fused-ring (bicyclic) bond motifs is 2. The van der Waals surface area contributed by atoms with Crippen LogP contribution in [0.2, 0.25) is 0 Å². The van der Waals surface area contributed by atoms with Gasteiger partial charge in [-0.25, -0.2) is 0 Å². The minimum atomic E-state index is 0.896. The van der Waals surface area contributed by atoms with Gasteiger partial charge in [0, 0.05) is 16.6 Å². The Morgan fingerprint density at radius 3 is 2.35 bits per heavy atom. The zero-order valence-electron chi connectivity index (χ0n) is 13.3. The third-order valence-corrected chi connectivity index (χ3v) is 4.58. The van der Waals surface area contributed by atoms with Gasteiger partial charge in [0.1, 0.15) is 11.5 Å². The van der Waals surface area contributed by atoms with Crippen molar-refractivity contribution in [3.63, 3.8) is 0 Å². The molecule has 1 aromatic heterocycles. The van der Waals surface area contributed by atoms with E-state index in [1.54, 1.807) is 0 Å². The zero-order chi connectivity index (χ0) is 15.5. The van der Waals surface area contributed by atoms with E-state index in [2.05, 4.69) is 24.3 Å². The second kappa shape index (κ2) is 6.41. The van der Waals surface area contributed by atoms with Gasteiger partial charge in [-0.2, -0.15) is 0 Å². The number of para-hydroxylation sites is 2. The Hall–Kier alpha value is -2.35. The van der Waals surface area contributed by atoms with Crippen LogP contribution in [0.3, 0.4) is 0 Å². The molecule has 2 nitrogen and oxygen atoms in total. The fraction of sp³-hybridized carbons (Fsp3) is 0.286. The van der Waals surface area contributed by atoms with E-state index < -0.39 is 0 Å². The smallest absolute Gasteiger partial charge is 0.141 e. The van der Waals surface area contributed by atoms with Gasteiger partial charge < -0.3 is 4.74 Å². The molecule has 0 saturated heterocycles. The lowest BCUT2D eigenvalue weighted by atomic mass is 9.95. The third-order valence-electron chi connectivity index (χ3n) is 4.58. The van der Waals surface area contributed by atoms with Crippen LogP contribution in [0.15, 0.2) is 54.6 Å². The first-order valence-electron chi connectivity index (χ1n) is 8.55. The third kappa shape index (κ3) is 2.94. The molecule has 3 aromatic rings. The van der Waals surface area contributed by atoms with E-state index in [1.807, 2.05) is 30.3 Å². The summed E-state index contributed by atoms with van der Waals surface area (Å²) in [7, 11) is 0. The van der Waals surface area contributed by atoms with Crippen LogP contribution in [0, 0.1) is 0 Å². The van der Waals surface area contributed by atoms with Gasteiger partial charge in [0.05, 0.1) is 5.52 Å². The van der Waals surface area contributed by atoms with Crippen molar-refractivity contribution in [3.8, 4) is 11.5 Å². The fourth-order valence-electron chi connectivity index (χ4n) is 3.40. The van der Waals surface area contributed by atoms with Gasteiger partial charge in [0.2, 0.25) is 0 Å². The van der Waals surface area contributed by atoms with E-state index in [-0.39, 0.29) is 0 Å². The molecule has 0 N–H and O–H groups in total. The number of aromatic nitrogens is 1. The lowest BCUT2D eigenvalue weighted by molar-refractivity contribution is 0.475. The lowest BCUT2D eigenvalue weighted by Crippen LogP contribution is -2.05. The molecule has 2 aromatic carbocycles. The molecule has 0 unspecified atom stereocenters. The van der Waals surface area contributed by atoms with Crippen molar-refractivity contribution >= 4 is 10.9 Å². The number of hydrogen-bond donors (Lipinski definition) is 0. The summed E-state index contributed by atoms with van der Waals surface area (Å²) in [6, 6.07) is 18.4. The molecule has 116 valence electrons. The van der Waals surface area contributed by atoms with Crippen molar-refractivity contribution in [1.29, 1.82) is 0 Å². The van der Waals surface area contributed by atoms with E-state index in [0.29, 0.717) is 0 Å². The van der Waals surface area contributed by atoms with E-state index in [9.17, 15) is 0 Å². The second-order valence-electron chi connectivity index (χ2n) is 6.21. The maximum Gasteiger partial charge on any atom is 0.141 e. The van der Waals surface area contributed by atoms with Crippen LogP contribution in [0.5, 0.6) is 11.5 Å². The average molecular weight is 303 g/mol. The predicted octanol–water partition coefficient (Wildman–Crippen LogP) is 5.69. The summed E-state index contributed by atoms with van der Waals surface area (Å²) in [5, 5.41) is 1.12. The van der Waals surface area contributed by atoms with Gasteiger partial charge in [-0.1, -0.05) is 43.2 Å². The maximum absolute atomic E-state index is 6.35. The molecular formula is C21H21NO. The number of hydrogen-bond acceptors (Lipinski definition) is 2. The standard InChI is InChI=1S/C21H21NO/c1-2-7-14-19-17(12-6-1)21(23-16-10-4-3-5-11-16)18-13-8-9-15-20(18)22-19/h3-5,8-11,13,15H,1-2,6-7,12,14H2. The van der Waals surface area contributed by atoms with Crippen molar-refractivity contribution in [2.45, 2.75) is 38.5 Å². The Morgan fingerprint density at radius 2 is 1.48 bits per heavy atom. The average Bonchev–Trinajstić information content (AvgIpc) is 2.57. The maximum atomic E-state index is 6.35. The Kier molecular flexibility index (Phi) is 3.97. The number of rotatable bonds is 2. The van der Waals surface area contributed by atoms with Crippen molar-refractivity contribution < 1.29 is 4.74 Å². The van der Waals surface area contributed by atoms with Crippen LogP contribution in [-0.4, -0.2) is 4.98 Å². The summed E-state index contributed by atoms with van der Waals surface area (Å²) < 4.78 is 6.35. The van der Waals surface area contributed by atoms with E-state index in [4.69, 9.17) is 9.72 Å². The van der Waals surface area contributed by atoms with Gasteiger partial charge in [-0.15, -0.1) is 0 Å². The van der Waals surface area contributed by atoms with Crippen molar-refractivity contribution in [2.75, 3.05) is 0 Å². The van der Waals surface area contributed by atoms with Gasteiger partial charge in [-0.05, 0) is 49.9 Å². The molecule has 0 spiro atoms. The van der Waals surface area contributed by atoms with Crippen LogP contribution >= 0.6 is 0 Å². The number of ether oxygens (including phenoxy) is 1. The van der Waals surface area contributed by atoms with Crippen LogP contribution in [0.4, 0.5) is 0 Å². The summed E-state index contributed by atoms with van der Waals surface area (Å²) in [4.78, 5) is 4.94. The largest absolute Gasteiger partial charge is 0.456 e. The quantitative estimate of drug-likeness (QED) is 0.607. The molecular weight excluding hydrogens is 282 g/mol. The molecule has 0 atom stereocenters. The van der Waals surface area contributed by atoms with Gasteiger partial charge in [-0.3, -0.25) is 4.98 Å². The number of aryl methyl sites for hydroxylation is 1. The molecule has 0 fully saturated rings. The normalized spacial score (nSPS) is 14.8. The molecule has 0 aliphatic heterocycles. The molecule has 4 rings (SSSR count). The Morgan fingerprint density at radius 1 is 0.739 bits per heavy atom. The van der Waals surface area contributed by atoms with Crippen LogP contribution < -0.4 is 4.74 Å². The zero-order valence-corrected chi connectivity index (χ0v) is 13.3. The molecule has 1 aliphatic carbocycles. The van der Waals surface area contributed by atoms with Crippen LogP contribution in [0.1, 0.15) is 36.9 Å². The first-order valence-corrected chi connectivity index (χ1v) is 8.55. The summed E-state index contributed by atoms with van der Waals surface area (Å²) in [5.41, 5.74) is 3.58. The summed E-state index contributed by atoms with van der Waals surface area (Å²) >= 11 is 0. The predicted molar refractivity (Wildman–Crippen MR) is 94.1 cm³/mol. The number of benzene rings is 2. The number of nitrogens with zero attached hydrogens (tertiary/aromatic N) is 1. The first kappa shape index (κ1) is 14.3. The molecule has 1 heterocycles. The minimum absolute atomic E-state index is 0.896. The molecule has 0 saturated carbocycles. The molecule has 0 amide bonds. The monoisotopic (exact) mass is 303 g/mol. The SMILES string of the molecule is c1ccc(Oc2c3c(nc4ccccc24)CCCCCC3)cc1. The summed E-state index contributed by atoms with van der Waals surface area (Å²) in [6.45, 7) is 0. The summed E-state index contributed by atoms with van der Waals surface area (Å²) in [5.74, 6) is 1.91. The highest BCUT2D eigenvalue weighted by Crippen LogP contribution is 2.36. The topological polar surface area (TPSA) is 22.1 Å². The van der Waals surface area contributed by atoms with Crippen molar-refractivity contribution in [1.82, 2.24) is 4.98 Å². The van der Waals surface area contributed by atoms with E-state index in [1.165, 1.54) is 36.9 Å². The molecule has 0 radical (unpaired) electrons. The van der Waals surface area contributed by atoms with Gasteiger partial charge in [0.25, 0.3) is 0 Å². The Labute approximate surface area is 137 Å². The first-order chi connectivity index (χ1) is 11.4. The Balaban J connectivity index is 1.89. The minimum Gasteiger partial charge on any atom is -0.456 e. The molecule has 2 heteroatoms. The van der Waals surface area contributed by atoms with E-state index >= 15 is 0 Å². The number of pyridine rings is 1. The summed E-state index contributed by atoms with van der Waals surface area (Å²) in [6.07, 6.45) is 7.18. The highest BCUT2D eigenvalue weighted by Gasteiger charge is 2.18. The Bertz CT molecular complexity index is 811.